The van der Waals surface area contributed by atoms with E-state index in [0.717, 1.165) is 23.7 Å². The number of benzene rings is 2. The molecule has 1 atom stereocenters. The fraction of sp³-hybridized carbons (Fsp3) is 0.367. The molecule has 3 heterocycles. The van der Waals surface area contributed by atoms with E-state index >= 15 is 0 Å². The van der Waals surface area contributed by atoms with Gasteiger partial charge in [0, 0.05) is 63.0 Å². The van der Waals surface area contributed by atoms with Gasteiger partial charge in [0.05, 0.1) is 23.0 Å². The molecule has 1 amide bonds. The van der Waals surface area contributed by atoms with Gasteiger partial charge < -0.3 is 10.0 Å². The van der Waals surface area contributed by atoms with E-state index in [4.69, 9.17) is 4.98 Å². The SMILES string of the molecule is CCc1nc2ccc(C(O)(c3cnnn3C)C3CN(C(C)=O)C3)cc2c(C#N)c1Cc1ccc(C(C)(F)F)cc1. The van der Waals surface area contributed by atoms with Crippen LogP contribution in [0.4, 0.5) is 8.78 Å². The average molecular weight is 545 g/mol. The first-order valence-electron chi connectivity index (χ1n) is 13.1. The van der Waals surface area contributed by atoms with E-state index in [-0.39, 0.29) is 17.4 Å². The first-order chi connectivity index (χ1) is 19.0. The lowest BCUT2D eigenvalue weighted by Crippen LogP contribution is -2.58. The smallest absolute Gasteiger partial charge is 0.270 e. The molecule has 1 fully saturated rings. The molecule has 206 valence electrons. The topological polar surface area (TPSA) is 108 Å². The van der Waals surface area contributed by atoms with Crippen LogP contribution in [0.15, 0.2) is 48.7 Å². The Morgan fingerprint density at radius 1 is 1.18 bits per heavy atom. The third-order valence-electron chi connectivity index (χ3n) is 7.92. The number of aromatic nitrogens is 4. The van der Waals surface area contributed by atoms with Gasteiger partial charge in [-0.3, -0.25) is 9.78 Å². The molecule has 1 saturated heterocycles. The summed E-state index contributed by atoms with van der Waals surface area (Å²) in [6.45, 7) is 5.05. The lowest BCUT2D eigenvalue weighted by molar-refractivity contribution is -0.142. The van der Waals surface area contributed by atoms with Crippen molar-refractivity contribution in [3.05, 3.63) is 87.9 Å². The lowest BCUT2D eigenvalue weighted by atomic mass is 9.74. The van der Waals surface area contributed by atoms with Gasteiger partial charge in [-0.2, -0.15) is 5.26 Å². The number of aryl methyl sites for hydroxylation is 2. The van der Waals surface area contributed by atoms with Crippen LogP contribution in [0.5, 0.6) is 0 Å². The fourth-order valence-corrected chi connectivity index (χ4v) is 5.55. The predicted octanol–water partition coefficient (Wildman–Crippen LogP) is 4.21. The number of nitrogens with zero attached hydrogens (tertiary/aromatic N) is 6. The Balaban J connectivity index is 1.63. The van der Waals surface area contributed by atoms with Crippen molar-refractivity contribution in [3.63, 3.8) is 0 Å². The minimum Gasteiger partial charge on any atom is -0.378 e. The van der Waals surface area contributed by atoms with Gasteiger partial charge in [0.2, 0.25) is 5.91 Å². The third-order valence-corrected chi connectivity index (χ3v) is 7.92. The number of amides is 1. The van der Waals surface area contributed by atoms with Gasteiger partial charge in [-0.15, -0.1) is 5.10 Å². The van der Waals surface area contributed by atoms with Crippen molar-refractivity contribution >= 4 is 16.8 Å². The first kappa shape index (κ1) is 27.3. The third kappa shape index (κ3) is 4.60. The van der Waals surface area contributed by atoms with Crippen LogP contribution >= 0.6 is 0 Å². The Kier molecular flexibility index (Phi) is 6.88. The van der Waals surface area contributed by atoms with Crippen LogP contribution < -0.4 is 0 Å². The largest absolute Gasteiger partial charge is 0.378 e. The molecule has 2 aromatic carbocycles. The molecule has 4 aromatic rings. The number of fused-ring (bicyclic) bond motifs is 1. The second kappa shape index (κ2) is 10.1. The van der Waals surface area contributed by atoms with Crippen molar-refractivity contribution in [3.8, 4) is 6.07 Å². The molecule has 1 unspecified atom stereocenters. The molecule has 1 N–H and O–H groups in total. The maximum Gasteiger partial charge on any atom is 0.270 e. The Bertz CT molecular complexity index is 1630. The minimum absolute atomic E-state index is 0.0661. The number of hydrogen-bond acceptors (Lipinski definition) is 6. The van der Waals surface area contributed by atoms with Gasteiger partial charge in [0.15, 0.2) is 0 Å². The number of likely N-dealkylation sites (tertiary alicyclic amines) is 1. The lowest BCUT2D eigenvalue weighted by Gasteiger charge is -2.47. The summed E-state index contributed by atoms with van der Waals surface area (Å²) in [5.41, 5.74) is 2.74. The highest BCUT2D eigenvalue weighted by atomic mass is 19.3. The summed E-state index contributed by atoms with van der Waals surface area (Å²) < 4.78 is 29.0. The van der Waals surface area contributed by atoms with Crippen LogP contribution in [0, 0.1) is 17.2 Å². The second-order valence-corrected chi connectivity index (χ2v) is 10.5. The molecule has 0 bridgehead atoms. The molecule has 8 nitrogen and oxygen atoms in total. The van der Waals surface area contributed by atoms with Crippen LogP contribution in [0.3, 0.4) is 0 Å². The van der Waals surface area contributed by atoms with Crippen molar-refractivity contribution in [2.45, 2.75) is 45.1 Å². The van der Waals surface area contributed by atoms with E-state index in [0.29, 0.717) is 53.7 Å². The molecule has 0 radical (unpaired) electrons. The standard InChI is InChI=1S/C30H30F2N6O2/c1-5-26-23(12-19-6-8-20(9-7-19)29(3,31)32)25(14-33)24-13-21(10-11-27(24)35-26)30(40,28-15-34-36-37(28)4)22-16-38(17-22)18(2)39/h6-11,13,15,22,40H,5,12,16-17H2,1-4H3. The second-order valence-electron chi connectivity index (χ2n) is 10.5. The highest BCUT2D eigenvalue weighted by molar-refractivity contribution is 5.87. The van der Waals surface area contributed by atoms with E-state index < -0.39 is 11.5 Å². The van der Waals surface area contributed by atoms with Crippen LogP contribution in [0.25, 0.3) is 10.9 Å². The molecule has 1 aliphatic heterocycles. The van der Waals surface area contributed by atoms with E-state index in [1.807, 2.05) is 6.92 Å². The number of halogens is 2. The van der Waals surface area contributed by atoms with Crippen LogP contribution in [0.2, 0.25) is 0 Å². The Hall–Kier alpha value is -4.23. The molecular weight excluding hydrogens is 514 g/mol. The van der Waals surface area contributed by atoms with E-state index in [1.54, 1.807) is 42.3 Å². The predicted molar refractivity (Wildman–Crippen MR) is 144 cm³/mol. The van der Waals surface area contributed by atoms with Gasteiger partial charge in [-0.05, 0) is 35.2 Å². The zero-order chi connectivity index (χ0) is 28.8. The molecule has 1 aliphatic rings. The molecule has 40 heavy (non-hydrogen) atoms. The van der Waals surface area contributed by atoms with Crippen molar-refractivity contribution in [1.82, 2.24) is 24.9 Å². The summed E-state index contributed by atoms with van der Waals surface area (Å²) in [5.74, 6) is -3.31. The maximum absolute atomic E-state index is 13.7. The van der Waals surface area contributed by atoms with Gasteiger partial charge >= 0.3 is 0 Å². The highest BCUT2D eigenvalue weighted by Gasteiger charge is 2.49. The Morgan fingerprint density at radius 2 is 1.85 bits per heavy atom. The average Bonchev–Trinajstić information content (AvgIpc) is 3.32. The van der Waals surface area contributed by atoms with Gasteiger partial charge in [0.25, 0.3) is 5.92 Å². The van der Waals surface area contributed by atoms with Gasteiger partial charge in [0.1, 0.15) is 11.7 Å². The van der Waals surface area contributed by atoms with Crippen molar-refractivity contribution in [1.29, 1.82) is 5.26 Å². The number of carbonyl (C=O) groups is 1. The number of alkyl halides is 2. The molecule has 10 heteroatoms. The van der Waals surface area contributed by atoms with E-state index in [1.165, 1.54) is 29.9 Å². The quantitative estimate of drug-likeness (QED) is 0.373. The van der Waals surface area contributed by atoms with Crippen LogP contribution in [-0.4, -0.2) is 49.0 Å². The Labute approximate surface area is 230 Å². The fourth-order valence-electron chi connectivity index (χ4n) is 5.55. The summed E-state index contributed by atoms with van der Waals surface area (Å²) in [7, 11) is 1.70. The Morgan fingerprint density at radius 3 is 2.40 bits per heavy atom. The van der Waals surface area contributed by atoms with Crippen molar-refractivity contribution < 1.29 is 18.7 Å². The number of hydrogen-bond donors (Lipinski definition) is 1. The monoisotopic (exact) mass is 544 g/mol. The number of aliphatic hydroxyl groups is 1. The van der Waals surface area contributed by atoms with E-state index in [9.17, 15) is 23.9 Å². The number of pyridine rings is 1. The number of nitriles is 1. The van der Waals surface area contributed by atoms with Crippen molar-refractivity contribution in [2.75, 3.05) is 13.1 Å². The summed E-state index contributed by atoms with van der Waals surface area (Å²) in [5, 5.41) is 31.2. The van der Waals surface area contributed by atoms with Gasteiger partial charge in [-0.1, -0.05) is 42.5 Å². The highest BCUT2D eigenvalue weighted by Crippen LogP contribution is 2.42. The zero-order valence-electron chi connectivity index (χ0n) is 22.8. The molecular formula is C30H30F2N6O2. The van der Waals surface area contributed by atoms with E-state index in [2.05, 4.69) is 16.4 Å². The first-order valence-corrected chi connectivity index (χ1v) is 13.1. The molecule has 0 spiro atoms. The summed E-state index contributed by atoms with van der Waals surface area (Å²) in [6, 6.07) is 13.8. The summed E-state index contributed by atoms with van der Waals surface area (Å²) in [4.78, 5) is 18.4. The number of rotatable bonds is 7. The summed E-state index contributed by atoms with van der Waals surface area (Å²) in [6.07, 6.45) is 2.44. The normalized spacial score (nSPS) is 15.5. The van der Waals surface area contributed by atoms with Crippen LogP contribution in [0.1, 0.15) is 60.0 Å². The minimum atomic E-state index is -2.94. The zero-order valence-corrected chi connectivity index (χ0v) is 22.8. The van der Waals surface area contributed by atoms with Crippen molar-refractivity contribution in [2.24, 2.45) is 13.0 Å². The molecule has 0 saturated carbocycles. The maximum atomic E-state index is 13.7. The molecule has 5 rings (SSSR count). The van der Waals surface area contributed by atoms with Crippen LogP contribution in [-0.2, 0) is 36.2 Å². The number of carbonyl (C=O) groups excluding carboxylic acids is 1. The molecule has 2 aromatic heterocycles. The molecule has 0 aliphatic carbocycles. The summed E-state index contributed by atoms with van der Waals surface area (Å²) >= 11 is 0. The van der Waals surface area contributed by atoms with Gasteiger partial charge in [-0.25, -0.2) is 13.5 Å².